The van der Waals surface area contributed by atoms with Crippen LogP contribution in [0, 0.1) is 5.82 Å². The molecule has 1 aliphatic heterocycles. The van der Waals surface area contributed by atoms with Gasteiger partial charge in [-0.15, -0.1) is 15.7 Å². The van der Waals surface area contributed by atoms with E-state index in [-0.39, 0.29) is 28.2 Å². The van der Waals surface area contributed by atoms with Crippen LogP contribution in [0.2, 0.25) is 5.02 Å². The summed E-state index contributed by atoms with van der Waals surface area (Å²) in [6.45, 7) is 4.04. The van der Waals surface area contributed by atoms with Gasteiger partial charge in [0.1, 0.15) is 11.5 Å². The van der Waals surface area contributed by atoms with Gasteiger partial charge in [-0.3, -0.25) is 9.48 Å². The van der Waals surface area contributed by atoms with Crippen molar-refractivity contribution in [3.05, 3.63) is 69.5 Å². The minimum Gasteiger partial charge on any atom is -0.321 e. The lowest BCUT2D eigenvalue weighted by atomic mass is 10.1. The third-order valence-corrected chi connectivity index (χ3v) is 7.46. The van der Waals surface area contributed by atoms with Crippen LogP contribution in [0.5, 0.6) is 0 Å². The van der Waals surface area contributed by atoms with Gasteiger partial charge < -0.3 is 5.32 Å². The number of halogens is 2. The van der Waals surface area contributed by atoms with E-state index >= 15 is 0 Å². The van der Waals surface area contributed by atoms with Crippen LogP contribution in [0.3, 0.4) is 0 Å². The van der Waals surface area contributed by atoms with E-state index in [0.717, 1.165) is 21.5 Å². The second-order valence-electron chi connectivity index (χ2n) is 7.54. The Hall–Kier alpha value is -3.02. The van der Waals surface area contributed by atoms with Crippen molar-refractivity contribution in [2.45, 2.75) is 19.9 Å². The van der Waals surface area contributed by atoms with Gasteiger partial charge >= 0.3 is 10.2 Å². The number of likely N-dealkylation sites (N-methyl/N-ethyl adjacent to an activating group) is 1. The van der Waals surface area contributed by atoms with Crippen LogP contribution >= 0.6 is 22.9 Å². The summed E-state index contributed by atoms with van der Waals surface area (Å²) in [5.74, 6) is -1.33. The van der Waals surface area contributed by atoms with Crippen LogP contribution in [0.15, 0.2) is 58.2 Å². The number of nitrogens with zero attached hydrogens (tertiary/aromatic N) is 4. The normalized spacial score (nSPS) is 15.4. The number of carbonyl (C=O) groups excluding carboxylic acids is 1. The first kappa shape index (κ1) is 23.1. The largest absolute Gasteiger partial charge is 0.345 e. The van der Waals surface area contributed by atoms with Gasteiger partial charge in [0, 0.05) is 30.5 Å². The van der Waals surface area contributed by atoms with E-state index in [2.05, 4.69) is 14.8 Å². The first-order valence-corrected chi connectivity index (χ1v) is 12.4. The fourth-order valence-corrected chi connectivity index (χ4v) is 5.06. The van der Waals surface area contributed by atoms with E-state index in [1.807, 2.05) is 30.1 Å². The monoisotopic (exact) mass is 507 g/mol. The third kappa shape index (κ3) is 4.70. The average Bonchev–Trinajstić information content (AvgIpc) is 3.42. The number of rotatable bonds is 5. The Morgan fingerprint density at radius 1 is 1.24 bits per heavy atom. The summed E-state index contributed by atoms with van der Waals surface area (Å²) < 4.78 is 45.1. The molecular weight excluding hydrogens is 489 g/mol. The summed E-state index contributed by atoms with van der Waals surface area (Å²) in [7, 11) is -2.89. The topological polar surface area (TPSA) is 96.7 Å². The molecule has 0 saturated carbocycles. The standard InChI is InChI=1S/C21H19ClFN5O3S2/c1-12(2)28-10-14(9-24-28)13-6-20(32-11-13)18-8-19(27(3)33(30,31)26-18)21(29)25-15-4-5-17(23)16(22)7-15/h4-12H,1-3H3,(H,25,29). The van der Waals surface area contributed by atoms with Gasteiger partial charge in [-0.2, -0.15) is 13.5 Å². The zero-order chi connectivity index (χ0) is 23.9. The molecule has 0 radical (unpaired) electrons. The first-order chi connectivity index (χ1) is 15.5. The number of amides is 1. The van der Waals surface area contributed by atoms with Crippen molar-refractivity contribution in [3.8, 4) is 11.1 Å². The Kier molecular flexibility index (Phi) is 6.12. The molecule has 0 fully saturated rings. The van der Waals surface area contributed by atoms with Gasteiger partial charge in [-0.05, 0) is 55.1 Å². The fraction of sp³-hybridized carbons (Fsp3) is 0.190. The summed E-state index contributed by atoms with van der Waals surface area (Å²) in [6, 6.07) is 5.69. The van der Waals surface area contributed by atoms with E-state index in [1.165, 1.54) is 36.6 Å². The van der Waals surface area contributed by atoms with E-state index in [9.17, 15) is 17.6 Å². The Bertz CT molecular complexity index is 1410. The van der Waals surface area contributed by atoms with Gasteiger partial charge in [0.15, 0.2) is 0 Å². The Morgan fingerprint density at radius 3 is 2.67 bits per heavy atom. The molecule has 2 aromatic heterocycles. The molecule has 1 N–H and O–H groups in total. The van der Waals surface area contributed by atoms with Crippen molar-refractivity contribution in [1.82, 2.24) is 14.1 Å². The summed E-state index contributed by atoms with van der Waals surface area (Å²) in [5.41, 5.74) is 1.98. The lowest BCUT2D eigenvalue weighted by Crippen LogP contribution is -2.35. The number of aromatic nitrogens is 2. The van der Waals surface area contributed by atoms with Crippen LogP contribution in [-0.4, -0.2) is 41.2 Å². The number of hydrogen-bond donors (Lipinski definition) is 1. The van der Waals surface area contributed by atoms with Crippen molar-refractivity contribution >= 4 is 50.5 Å². The predicted molar refractivity (Wildman–Crippen MR) is 127 cm³/mol. The number of nitrogens with one attached hydrogen (secondary N) is 1. The molecule has 0 spiro atoms. The van der Waals surface area contributed by atoms with Crippen LogP contribution in [-0.2, 0) is 15.0 Å². The van der Waals surface area contributed by atoms with Gasteiger partial charge in [0.25, 0.3) is 5.91 Å². The molecule has 0 unspecified atom stereocenters. The van der Waals surface area contributed by atoms with Crippen molar-refractivity contribution in [1.29, 1.82) is 0 Å². The molecule has 0 saturated heterocycles. The summed E-state index contributed by atoms with van der Waals surface area (Å²) >= 11 is 7.07. The second-order valence-corrected chi connectivity index (χ2v) is 10.5. The SMILES string of the molecule is CC(C)n1cc(-c2csc(C3=NS(=O)(=O)N(C)C(C(=O)Nc4ccc(F)c(Cl)c4)=C3)c2)cn1. The highest BCUT2D eigenvalue weighted by Gasteiger charge is 2.30. The highest BCUT2D eigenvalue weighted by molar-refractivity contribution is 7.88. The first-order valence-electron chi connectivity index (χ1n) is 9.75. The molecule has 3 heterocycles. The predicted octanol–water partition coefficient (Wildman–Crippen LogP) is 4.49. The number of hydrogen-bond acceptors (Lipinski definition) is 5. The van der Waals surface area contributed by atoms with Crippen molar-refractivity contribution < 1.29 is 17.6 Å². The average molecular weight is 508 g/mol. The maximum absolute atomic E-state index is 13.4. The quantitative estimate of drug-likeness (QED) is 0.550. The highest BCUT2D eigenvalue weighted by atomic mass is 35.5. The van der Waals surface area contributed by atoms with Crippen molar-refractivity contribution in [3.63, 3.8) is 0 Å². The van der Waals surface area contributed by atoms with Gasteiger partial charge in [0.2, 0.25) is 0 Å². The maximum atomic E-state index is 13.4. The zero-order valence-electron chi connectivity index (χ0n) is 17.8. The number of carbonyl (C=O) groups is 1. The van der Waals surface area contributed by atoms with E-state index < -0.39 is 21.9 Å². The molecule has 8 nitrogen and oxygen atoms in total. The minimum atomic E-state index is -4.13. The van der Waals surface area contributed by atoms with Crippen LogP contribution in [0.4, 0.5) is 10.1 Å². The Morgan fingerprint density at radius 2 is 2.00 bits per heavy atom. The lowest BCUT2D eigenvalue weighted by molar-refractivity contribution is -0.113. The molecule has 4 rings (SSSR count). The second kappa shape index (κ2) is 8.73. The van der Waals surface area contributed by atoms with Crippen LogP contribution in [0.25, 0.3) is 11.1 Å². The molecule has 1 aliphatic rings. The number of anilines is 1. The fourth-order valence-electron chi connectivity index (χ4n) is 3.04. The number of allylic oxidation sites excluding steroid dienone is 1. The Balaban J connectivity index is 1.65. The molecule has 0 bridgehead atoms. The van der Waals surface area contributed by atoms with Crippen molar-refractivity contribution in [2.24, 2.45) is 4.40 Å². The van der Waals surface area contributed by atoms with E-state index in [0.29, 0.717) is 4.88 Å². The third-order valence-electron chi connectivity index (χ3n) is 4.90. The van der Waals surface area contributed by atoms with Gasteiger partial charge in [0.05, 0.1) is 21.8 Å². The maximum Gasteiger partial charge on any atom is 0.345 e. The highest BCUT2D eigenvalue weighted by Crippen LogP contribution is 2.29. The van der Waals surface area contributed by atoms with Gasteiger partial charge in [-0.1, -0.05) is 11.6 Å². The molecular formula is C21H19ClFN5O3S2. The molecule has 0 aliphatic carbocycles. The molecule has 172 valence electrons. The number of benzene rings is 1. The number of thiophene rings is 1. The summed E-state index contributed by atoms with van der Waals surface area (Å²) in [5, 5.41) is 8.57. The van der Waals surface area contributed by atoms with E-state index in [4.69, 9.17) is 11.6 Å². The summed E-state index contributed by atoms with van der Waals surface area (Å²) in [6.07, 6.45) is 5.04. The van der Waals surface area contributed by atoms with Crippen molar-refractivity contribution in [2.75, 3.05) is 12.4 Å². The van der Waals surface area contributed by atoms with Gasteiger partial charge in [-0.25, -0.2) is 8.70 Å². The Labute approximate surface area is 199 Å². The molecule has 33 heavy (non-hydrogen) atoms. The minimum absolute atomic E-state index is 0.136. The molecule has 3 aromatic rings. The smallest absolute Gasteiger partial charge is 0.321 e. The van der Waals surface area contributed by atoms with Crippen LogP contribution < -0.4 is 5.32 Å². The van der Waals surface area contributed by atoms with E-state index in [1.54, 1.807) is 12.3 Å². The summed E-state index contributed by atoms with van der Waals surface area (Å²) in [4.78, 5) is 13.4. The molecule has 0 atom stereocenters. The molecule has 12 heteroatoms. The van der Waals surface area contributed by atoms with Crippen LogP contribution in [0.1, 0.15) is 24.8 Å². The lowest BCUT2D eigenvalue weighted by Gasteiger charge is -2.23. The molecule has 1 amide bonds. The molecule has 1 aromatic carbocycles. The zero-order valence-corrected chi connectivity index (χ0v) is 20.2.